The van der Waals surface area contributed by atoms with Crippen LogP contribution in [0.1, 0.15) is 5.82 Å². The fourth-order valence-electron chi connectivity index (χ4n) is 1.77. The van der Waals surface area contributed by atoms with Crippen molar-refractivity contribution in [2.45, 2.75) is 13.0 Å². The third-order valence-electron chi connectivity index (χ3n) is 2.70. The molecule has 1 fully saturated rings. The van der Waals surface area contributed by atoms with Gasteiger partial charge in [-0.3, -0.25) is 0 Å². The van der Waals surface area contributed by atoms with E-state index < -0.39 is 0 Å². The summed E-state index contributed by atoms with van der Waals surface area (Å²) in [5, 5.41) is 12.8. The van der Waals surface area contributed by atoms with Crippen LogP contribution in [0.4, 0.5) is 5.82 Å². The summed E-state index contributed by atoms with van der Waals surface area (Å²) in [6, 6.07) is 2.18. The minimum Gasteiger partial charge on any atom is -0.365 e. The minimum atomic E-state index is -0.253. The highest BCUT2D eigenvalue weighted by Gasteiger charge is 2.17. The Bertz CT molecular complexity index is 581. The highest BCUT2D eigenvalue weighted by Crippen LogP contribution is 2.10. The van der Waals surface area contributed by atoms with E-state index in [9.17, 15) is 4.79 Å². The molecule has 0 spiro atoms. The Morgan fingerprint density at radius 3 is 3.06 bits per heavy atom. The third kappa shape index (κ3) is 1.36. The van der Waals surface area contributed by atoms with Gasteiger partial charge < -0.3 is 10.6 Å². The fourth-order valence-corrected chi connectivity index (χ4v) is 1.77. The maximum atomic E-state index is 11.4. The maximum Gasteiger partial charge on any atom is 0.349 e. The van der Waals surface area contributed by atoms with Gasteiger partial charge in [0.05, 0.1) is 6.04 Å². The van der Waals surface area contributed by atoms with Crippen LogP contribution in [-0.4, -0.2) is 38.7 Å². The Hall–Kier alpha value is -1.89. The SMILES string of the molecule is Cc1nc(NC2CNC2)cc2n[nH]c(=O)n12. The van der Waals surface area contributed by atoms with Gasteiger partial charge >= 0.3 is 5.69 Å². The van der Waals surface area contributed by atoms with Crippen LogP contribution in [0, 0.1) is 6.92 Å². The van der Waals surface area contributed by atoms with Crippen molar-refractivity contribution in [1.29, 1.82) is 0 Å². The molecule has 7 nitrogen and oxygen atoms in total. The number of fused-ring (bicyclic) bond motifs is 1. The number of H-pyrrole nitrogens is 1. The molecule has 1 aliphatic heterocycles. The van der Waals surface area contributed by atoms with Gasteiger partial charge in [0.1, 0.15) is 11.6 Å². The number of nitrogens with one attached hydrogen (secondary N) is 3. The first-order chi connectivity index (χ1) is 7.74. The second-order valence-electron chi connectivity index (χ2n) is 3.91. The molecule has 3 N–H and O–H groups in total. The van der Waals surface area contributed by atoms with Crippen molar-refractivity contribution < 1.29 is 0 Å². The molecule has 0 radical (unpaired) electrons. The molecule has 2 aromatic rings. The topological polar surface area (TPSA) is 87.1 Å². The Morgan fingerprint density at radius 1 is 1.56 bits per heavy atom. The second kappa shape index (κ2) is 3.31. The van der Waals surface area contributed by atoms with Gasteiger partial charge in [-0.1, -0.05) is 0 Å². The van der Waals surface area contributed by atoms with Crippen LogP contribution in [0.5, 0.6) is 0 Å². The van der Waals surface area contributed by atoms with E-state index in [1.807, 2.05) is 0 Å². The molecule has 1 aliphatic rings. The standard InChI is InChI=1S/C9H12N6O/c1-5-11-7(12-6-3-10-4-6)2-8-13-14-9(16)15(5)8/h2,6,10,12H,3-4H2,1H3,(H,14,16). The number of hydrogen-bond donors (Lipinski definition) is 3. The van der Waals surface area contributed by atoms with Gasteiger partial charge in [-0.05, 0) is 6.92 Å². The average molecular weight is 220 g/mol. The monoisotopic (exact) mass is 220 g/mol. The van der Waals surface area contributed by atoms with Crippen LogP contribution in [0.15, 0.2) is 10.9 Å². The molecule has 2 aromatic heterocycles. The summed E-state index contributed by atoms with van der Waals surface area (Å²) in [6.07, 6.45) is 0. The van der Waals surface area contributed by atoms with E-state index in [4.69, 9.17) is 0 Å². The fraction of sp³-hybridized carbons (Fsp3) is 0.444. The number of nitrogens with zero attached hydrogens (tertiary/aromatic N) is 3. The van der Waals surface area contributed by atoms with Gasteiger partial charge in [0.15, 0.2) is 5.65 Å². The van der Waals surface area contributed by atoms with Gasteiger partial charge in [0, 0.05) is 19.2 Å². The normalized spacial score (nSPS) is 16.3. The first kappa shape index (κ1) is 9.34. The summed E-state index contributed by atoms with van der Waals surface area (Å²) < 4.78 is 1.45. The highest BCUT2D eigenvalue weighted by molar-refractivity contribution is 5.50. The minimum absolute atomic E-state index is 0.253. The number of aromatic nitrogens is 4. The average Bonchev–Trinajstić information content (AvgIpc) is 2.55. The zero-order valence-electron chi connectivity index (χ0n) is 8.82. The van der Waals surface area contributed by atoms with Crippen LogP contribution in [-0.2, 0) is 0 Å². The molecule has 1 saturated heterocycles. The molecule has 0 aromatic carbocycles. The summed E-state index contributed by atoms with van der Waals surface area (Å²) in [5.41, 5.74) is 0.337. The molecule has 0 aliphatic carbocycles. The van der Waals surface area contributed by atoms with Crippen LogP contribution in [0.3, 0.4) is 0 Å². The van der Waals surface area contributed by atoms with E-state index in [1.54, 1.807) is 13.0 Å². The molecule has 84 valence electrons. The van der Waals surface area contributed by atoms with Crippen LogP contribution >= 0.6 is 0 Å². The van der Waals surface area contributed by atoms with Crippen molar-refractivity contribution in [2.75, 3.05) is 18.4 Å². The number of aromatic amines is 1. The Labute approximate surface area is 90.9 Å². The van der Waals surface area contributed by atoms with Crippen molar-refractivity contribution in [3.63, 3.8) is 0 Å². The molecule has 7 heteroatoms. The molecule has 16 heavy (non-hydrogen) atoms. The Kier molecular flexibility index (Phi) is 1.93. The highest BCUT2D eigenvalue weighted by atomic mass is 16.1. The number of aryl methyl sites for hydroxylation is 1. The van der Waals surface area contributed by atoms with Crippen molar-refractivity contribution in [1.82, 2.24) is 24.9 Å². The quantitative estimate of drug-likeness (QED) is 0.611. The Balaban J connectivity index is 2.03. The predicted octanol–water partition coefficient (Wildman–Crippen LogP) is -0.890. The molecular weight excluding hydrogens is 208 g/mol. The lowest BCUT2D eigenvalue weighted by atomic mass is 10.2. The summed E-state index contributed by atoms with van der Waals surface area (Å²) in [4.78, 5) is 15.7. The molecule has 0 atom stereocenters. The number of hydrogen-bond acceptors (Lipinski definition) is 5. The Morgan fingerprint density at radius 2 is 2.38 bits per heavy atom. The first-order valence-electron chi connectivity index (χ1n) is 5.16. The van der Waals surface area contributed by atoms with Crippen molar-refractivity contribution in [3.8, 4) is 0 Å². The van der Waals surface area contributed by atoms with Crippen molar-refractivity contribution in [3.05, 3.63) is 22.4 Å². The number of rotatable bonds is 2. The van der Waals surface area contributed by atoms with Gasteiger partial charge in [-0.15, -0.1) is 0 Å². The van der Waals surface area contributed by atoms with Gasteiger partial charge in [0.25, 0.3) is 0 Å². The molecule has 0 unspecified atom stereocenters. The zero-order chi connectivity index (χ0) is 11.1. The zero-order valence-corrected chi connectivity index (χ0v) is 8.82. The summed E-state index contributed by atoms with van der Waals surface area (Å²) in [7, 11) is 0. The lowest BCUT2D eigenvalue weighted by Crippen LogP contribution is -2.51. The van der Waals surface area contributed by atoms with E-state index in [0.717, 1.165) is 18.9 Å². The second-order valence-corrected chi connectivity index (χ2v) is 3.91. The maximum absolute atomic E-state index is 11.4. The van der Waals surface area contributed by atoms with Gasteiger partial charge in [-0.2, -0.15) is 5.10 Å². The molecule has 0 saturated carbocycles. The molecular formula is C9H12N6O. The summed E-state index contributed by atoms with van der Waals surface area (Å²) in [6.45, 7) is 3.67. The largest absolute Gasteiger partial charge is 0.365 e. The van der Waals surface area contributed by atoms with E-state index in [1.165, 1.54) is 4.40 Å². The first-order valence-corrected chi connectivity index (χ1v) is 5.16. The smallest absolute Gasteiger partial charge is 0.349 e. The van der Waals surface area contributed by atoms with Crippen molar-refractivity contribution >= 4 is 11.5 Å². The predicted molar refractivity (Wildman–Crippen MR) is 58.6 cm³/mol. The van der Waals surface area contributed by atoms with Crippen molar-refractivity contribution in [2.24, 2.45) is 0 Å². The number of anilines is 1. The third-order valence-corrected chi connectivity index (χ3v) is 2.70. The molecule has 3 rings (SSSR count). The molecule has 0 amide bonds. The molecule has 3 heterocycles. The summed E-state index contributed by atoms with van der Waals surface area (Å²) >= 11 is 0. The lowest BCUT2D eigenvalue weighted by molar-refractivity contribution is 0.471. The van der Waals surface area contributed by atoms with E-state index in [-0.39, 0.29) is 5.69 Å². The lowest BCUT2D eigenvalue weighted by Gasteiger charge is -2.28. The van der Waals surface area contributed by atoms with Crippen LogP contribution < -0.4 is 16.3 Å². The van der Waals surface area contributed by atoms with Gasteiger partial charge in [-0.25, -0.2) is 19.3 Å². The van der Waals surface area contributed by atoms with Crippen LogP contribution in [0.2, 0.25) is 0 Å². The van der Waals surface area contributed by atoms with E-state index >= 15 is 0 Å². The van der Waals surface area contributed by atoms with E-state index in [2.05, 4.69) is 25.8 Å². The van der Waals surface area contributed by atoms with Crippen LogP contribution in [0.25, 0.3) is 5.65 Å². The molecule has 0 bridgehead atoms. The van der Waals surface area contributed by atoms with Gasteiger partial charge in [0.2, 0.25) is 0 Å². The summed E-state index contributed by atoms with van der Waals surface area (Å²) in [5.74, 6) is 1.39. The van der Waals surface area contributed by atoms with E-state index in [0.29, 0.717) is 17.5 Å².